The number of H-pyrrole nitrogens is 1. The number of aromatic nitrogens is 4. The number of pyridine rings is 1. The van der Waals surface area contributed by atoms with E-state index in [4.69, 9.17) is 0 Å². The molecule has 6 heteroatoms. The molecule has 0 radical (unpaired) electrons. The Kier molecular flexibility index (Phi) is 3.61. The van der Waals surface area contributed by atoms with Crippen LogP contribution >= 0.6 is 11.3 Å². The van der Waals surface area contributed by atoms with Gasteiger partial charge in [-0.25, -0.2) is 9.50 Å². The Morgan fingerprint density at radius 2 is 2.03 bits per heavy atom. The summed E-state index contributed by atoms with van der Waals surface area (Å²) in [6, 6.07) is 2.24. The highest BCUT2D eigenvalue weighted by atomic mass is 32.1. The van der Waals surface area contributed by atoms with Crippen LogP contribution in [0.4, 0.5) is 0 Å². The Morgan fingerprint density at radius 1 is 1.24 bits per heavy atom. The molecule has 5 nitrogen and oxygen atoms in total. The summed E-state index contributed by atoms with van der Waals surface area (Å²) in [6.45, 7) is 11.5. The molecule has 1 saturated carbocycles. The van der Waals surface area contributed by atoms with Crippen LogP contribution in [-0.2, 0) is 0 Å². The smallest absolute Gasteiger partial charge is 0.158 e. The summed E-state index contributed by atoms with van der Waals surface area (Å²) in [5, 5.41) is 9.29. The molecule has 0 aromatic carbocycles. The third kappa shape index (κ3) is 2.42. The van der Waals surface area contributed by atoms with Crippen molar-refractivity contribution < 1.29 is 0 Å². The number of aromatic amines is 1. The number of hydrogen-bond donors (Lipinski definition) is 2. The van der Waals surface area contributed by atoms with Crippen molar-refractivity contribution in [2.75, 3.05) is 13.1 Å². The average Bonchev–Trinajstić information content (AvgIpc) is 3.28. The van der Waals surface area contributed by atoms with Gasteiger partial charge in [0.2, 0.25) is 0 Å². The van der Waals surface area contributed by atoms with Crippen molar-refractivity contribution in [2.45, 2.75) is 52.4 Å². The van der Waals surface area contributed by atoms with Crippen molar-refractivity contribution in [1.29, 1.82) is 0 Å². The van der Waals surface area contributed by atoms with Gasteiger partial charge in [-0.3, -0.25) is 0 Å². The van der Waals surface area contributed by atoms with E-state index in [1.807, 2.05) is 15.9 Å². The Hall–Kier alpha value is -2.18. The minimum absolute atomic E-state index is 0.454. The summed E-state index contributed by atoms with van der Waals surface area (Å²) in [7, 11) is 0. The molecule has 29 heavy (non-hydrogen) atoms. The second-order valence-electron chi connectivity index (χ2n) is 9.51. The Bertz CT molecular complexity index is 1250. The molecule has 2 aliphatic rings. The summed E-state index contributed by atoms with van der Waals surface area (Å²) in [6.07, 6.45) is 6.44. The number of thiophene rings is 1. The van der Waals surface area contributed by atoms with Crippen molar-refractivity contribution in [2.24, 2.45) is 5.41 Å². The first kappa shape index (κ1) is 17.7. The van der Waals surface area contributed by atoms with Gasteiger partial charge in [0.25, 0.3) is 0 Å². The van der Waals surface area contributed by atoms with Crippen LogP contribution in [0.2, 0.25) is 0 Å². The van der Waals surface area contributed by atoms with E-state index in [9.17, 15) is 0 Å². The van der Waals surface area contributed by atoms with E-state index < -0.39 is 0 Å². The first-order valence-electron chi connectivity index (χ1n) is 10.6. The molecule has 5 heterocycles. The maximum Gasteiger partial charge on any atom is 0.158 e. The van der Waals surface area contributed by atoms with Crippen LogP contribution in [0.3, 0.4) is 0 Å². The highest BCUT2D eigenvalue weighted by molar-refractivity contribution is 7.19. The summed E-state index contributed by atoms with van der Waals surface area (Å²) < 4.78 is 1.89. The molecule has 0 unspecified atom stereocenters. The third-order valence-electron chi connectivity index (χ3n) is 7.12. The van der Waals surface area contributed by atoms with Crippen molar-refractivity contribution in [3.05, 3.63) is 40.2 Å². The van der Waals surface area contributed by atoms with Gasteiger partial charge in [-0.1, -0.05) is 13.8 Å². The molecule has 0 amide bonds. The molecular weight excluding hydrogens is 378 g/mol. The lowest BCUT2D eigenvalue weighted by molar-refractivity contribution is 0.0374. The standard InChI is InChI=1S/C23H27N5S/c1-12(2)17-18-14(4)20(16-6-23(7-16)9-24-10-23)29-22(18)27-19(17)15-5-13(3)21-25-11-26-28(21)8-15/h5,8,11-12,16,24,27H,6-7,9-10H2,1-4H3. The fourth-order valence-electron chi connectivity index (χ4n) is 5.61. The molecule has 6 rings (SSSR count). The zero-order valence-corrected chi connectivity index (χ0v) is 18.3. The van der Waals surface area contributed by atoms with Crippen LogP contribution in [-0.4, -0.2) is 32.7 Å². The van der Waals surface area contributed by atoms with Crippen LogP contribution in [0.1, 0.15) is 60.1 Å². The molecule has 4 aromatic heterocycles. The van der Waals surface area contributed by atoms with E-state index in [2.05, 4.69) is 60.3 Å². The van der Waals surface area contributed by atoms with E-state index in [1.165, 1.54) is 58.5 Å². The van der Waals surface area contributed by atoms with Gasteiger partial charge in [0, 0.05) is 35.1 Å². The molecule has 2 N–H and O–H groups in total. The van der Waals surface area contributed by atoms with Crippen molar-refractivity contribution in [3.63, 3.8) is 0 Å². The largest absolute Gasteiger partial charge is 0.346 e. The lowest BCUT2D eigenvalue weighted by atomic mass is 9.58. The molecule has 150 valence electrons. The summed E-state index contributed by atoms with van der Waals surface area (Å²) >= 11 is 1.99. The fraction of sp³-hybridized carbons (Fsp3) is 0.478. The molecule has 1 aliphatic heterocycles. The van der Waals surface area contributed by atoms with Gasteiger partial charge in [0.1, 0.15) is 11.2 Å². The van der Waals surface area contributed by atoms with Gasteiger partial charge in [-0.2, -0.15) is 5.10 Å². The lowest BCUT2D eigenvalue weighted by Gasteiger charge is -2.54. The summed E-state index contributed by atoms with van der Waals surface area (Å²) in [5.74, 6) is 1.20. The fourth-order valence-corrected chi connectivity index (χ4v) is 6.94. The summed E-state index contributed by atoms with van der Waals surface area (Å²) in [5.41, 5.74) is 8.07. The van der Waals surface area contributed by atoms with Crippen LogP contribution in [0.25, 0.3) is 27.1 Å². The number of rotatable bonds is 3. The van der Waals surface area contributed by atoms with E-state index in [-0.39, 0.29) is 0 Å². The topological polar surface area (TPSA) is 58.0 Å². The van der Waals surface area contributed by atoms with Crippen molar-refractivity contribution in [3.8, 4) is 11.3 Å². The predicted molar refractivity (Wildman–Crippen MR) is 119 cm³/mol. The van der Waals surface area contributed by atoms with Crippen LogP contribution < -0.4 is 5.32 Å². The second kappa shape index (κ2) is 5.92. The first-order chi connectivity index (χ1) is 14.0. The van der Waals surface area contributed by atoms with E-state index in [0.717, 1.165) is 17.1 Å². The summed E-state index contributed by atoms with van der Waals surface area (Å²) in [4.78, 5) is 11.1. The van der Waals surface area contributed by atoms with Crippen LogP contribution in [0.15, 0.2) is 18.6 Å². The maximum absolute atomic E-state index is 4.37. The van der Waals surface area contributed by atoms with Gasteiger partial charge >= 0.3 is 0 Å². The first-order valence-corrected chi connectivity index (χ1v) is 11.4. The third-order valence-corrected chi connectivity index (χ3v) is 8.49. The monoisotopic (exact) mass is 405 g/mol. The molecule has 2 fully saturated rings. The van der Waals surface area contributed by atoms with E-state index >= 15 is 0 Å². The van der Waals surface area contributed by atoms with Crippen molar-refractivity contribution in [1.82, 2.24) is 24.9 Å². The number of hydrogen-bond acceptors (Lipinski definition) is 4. The second-order valence-corrected chi connectivity index (χ2v) is 10.6. The van der Waals surface area contributed by atoms with Gasteiger partial charge in [0.05, 0.1) is 5.69 Å². The van der Waals surface area contributed by atoms with E-state index in [0.29, 0.717) is 11.3 Å². The number of aryl methyl sites for hydroxylation is 2. The highest BCUT2D eigenvalue weighted by Gasteiger charge is 2.49. The number of nitrogens with zero attached hydrogens (tertiary/aromatic N) is 3. The van der Waals surface area contributed by atoms with Crippen molar-refractivity contribution >= 4 is 27.2 Å². The number of nitrogens with one attached hydrogen (secondary N) is 2. The van der Waals surface area contributed by atoms with Gasteiger partial charge in [-0.05, 0) is 66.7 Å². The molecule has 1 aliphatic carbocycles. The van der Waals surface area contributed by atoms with E-state index in [1.54, 1.807) is 11.2 Å². The lowest BCUT2D eigenvalue weighted by Crippen LogP contribution is -2.59. The maximum atomic E-state index is 4.37. The molecule has 0 atom stereocenters. The molecular formula is C23H27N5S. The van der Waals surface area contributed by atoms with Gasteiger partial charge in [-0.15, -0.1) is 11.3 Å². The zero-order valence-electron chi connectivity index (χ0n) is 17.5. The highest BCUT2D eigenvalue weighted by Crippen LogP contribution is 2.56. The Labute approximate surface area is 174 Å². The minimum Gasteiger partial charge on any atom is -0.346 e. The molecule has 4 aromatic rings. The molecule has 1 spiro atoms. The molecule has 1 saturated heterocycles. The quantitative estimate of drug-likeness (QED) is 0.496. The van der Waals surface area contributed by atoms with Gasteiger partial charge < -0.3 is 10.3 Å². The normalized spacial score (nSPS) is 18.8. The Balaban J connectivity index is 1.48. The van der Waals surface area contributed by atoms with Crippen LogP contribution in [0.5, 0.6) is 0 Å². The number of fused-ring (bicyclic) bond motifs is 2. The Morgan fingerprint density at radius 3 is 2.72 bits per heavy atom. The SMILES string of the molecule is Cc1c(C2CC3(CNC3)C2)sc2[nH]c(-c3cc(C)c4ncnn4c3)c(C(C)C)c12. The van der Waals surface area contributed by atoms with Gasteiger partial charge in [0.15, 0.2) is 5.65 Å². The average molecular weight is 406 g/mol. The molecule has 0 bridgehead atoms. The zero-order chi connectivity index (χ0) is 19.9. The van der Waals surface area contributed by atoms with Crippen LogP contribution in [0, 0.1) is 19.3 Å². The predicted octanol–water partition coefficient (Wildman–Crippen LogP) is 5.15. The minimum atomic E-state index is 0.454.